The molecule has 0 saturated heterocycles. The minimum Gasteiger partial charge on any atom is -0.462 e. The standard InChI is InChI=1S/C21H17FN2O/c22-19-11-5-7-16(13-19)15-6-4-10-18(12-15)21(14-25-20(23)24-21)17-8-2-1-3-9-17/h1-13H,14H2,(H2,23,24)/t21-/m0/s1. The smallest absolute Gasteiger partial charge is 0.283 e. The molecule has 3 nitrogen and oxygen atoms in total. The van der Waals surface area contributed by atoms with Gasteiger partial charge in [0.1, 0.15) is 12.4 Å². The summed E-state index contributed by atoms with van der Waals surface area (Å²) in [6.07, 6.45) is 0. The van der Waals surface area contributed by atoms with E-state index in [1.807, 2.05) is 60.7 Å². The number of hydrogen-bond acceptors (Lipinski definition) is 3. The summed E-state index contributed by atoms with van der Waals surface area (Å²) in [5, 5.41) is 0. The molecule has 0 radical (unpaired) electrons. The Labute approximate surface area is 145 Å². The first-order chi connectivity index (χ1) is 12.2. The van der Waals surface area contributed by atoms with Gasteiger partial charge in [0.2, 0.25) is 0 Å². The molecular formula is C21H17FN2O. The summed E-state index contributed by atoms with van der Waals surface area (Å²) in [7, 11) is 0. The molecule has 1 aliphatic heterocycles. The van der Waals surface area contributed by atoms with Gasteiger partial charge < -0.3 is 10.5 Å². The predicted molar refractivity (Wildman–Crippen MR) is 96.6 cm³/mol. The van der Waals surface area contributed by atoms with E-state index in [-0.39, 0.29) is 11.8 Å². The molecule has 4 heteroatoms. The number of halogens is 1. The first-order valence-electron chi connectivity index (χ1n) is 8.07. The van der Waals surface area contributed by atoms with Crippen LogP contribution in [0, 0.1) is 5.82 Å². The number of aliphatic imine (C=N–C) groups is 1. The maximum atomic E-state index is 13.6. The van der Waals surface area contributed by atoms with Crippen LogP contribution in [-0.2, 0) is 10.3 Å². The molecule has 0 aliphatic carbocycles. The fourth-order valence-corrected chi connectivity index (χ4v) is 3.23. The van der Waals surface area contributed by atoms with Crippen LogP contribution in [0.4, 0.5) is 4.39 Å². The van der Waals surface area contributed by atoms with Crippen molar-refractivity contribution in [2.75, 3.05) is 6.61 Å². The molecule has 0 spiro atoms. The van der Waals surface area contributed by atoms with Gasteiger partial charge in [0, 0.05) is 0 Å². The molecule has 0 fully saturated rings. The lowest BCUT2D eigenvalue weighted by molar-refractivity contribution is 0.278. The minimum atomic E-state index is -0.686. The fourth-order valence-electron chi connectivity index (χ4n) is 3.23. The van der Waals surface area contributed by atoms with Crippen LogP contribution in [0.5, 0.6) is 0 Å². The Hall–Kier alpha value is -3.14. The van der Waals surface area contributed by atoms with Crippen molar-refractivity contribution in [3.8, 4) is 11.1 Å². The average Bonchev–Trinajstić information content (AvgIpc) is 3.06. The van der Waals surface area contributed by atoms with Crippen LogP contribution in [0.15, 0.2) is 83.9 Å². The molecular weight excluding hydrogens is 315 g/mol. The zero-order chi connectivity index (χ0) is 17.3. The normalized spacial score (nSPS) is 19.3. The third-order valence-electron chi connectivity index (χ3n) is 4.48. The fraction of sp³-hybridized carbons (Fsp3) is 0.0952. The summed E-state index contributed by atoms with van der Waals surface area (Å²) in [5.41, 5.74) is 8.86. The number of rotatable bonds is 3. The maximum absolute atomic E-state index is 13.6. The SMILES string of the molecule is NC1=N[C@@](c2ccccc2)(c2cccc(-c3cccc(F)c3)c2)CO1. The molecule has 124 valence electrons. The van der Waals surface area contributed by atoms with Gasteiger partial charge in [-0.15, -0.1) is 0 Å². The number of nitrogens with zero attached hydrogens (tertiary/aromatic N) is 1. The molecule has 1 aliphatic rings. The summed E-state index contributed by atoms with van der Waals surface area (Å²) in [5.74, 6) is -0.257. The second-order valence-corrected chi connectivity index (χ2v) is 6.06. The third kappa shape index (κ3) is 2.76. The Kier molecular flexibility index (Phi) is 3.73. The number of ether oxygens (including phenoxy) is 1. The molecule has 1 heterocycles. The Bertz CT molecular complexity index is 939. The quantitative estimate of drug-likeness (QED) is 0.785. The number of amidine groups is 1. The van der Waals surface area contributed by atoms with Gasteiger partial charge in [-0.05, 0) is 40.5 Å². The lowest BCUT2D eigenvalue weighted by atomic mass is 9.83. The molecule has 0 saturated carbocycles. The van der Waals surface area contributed by atoms with Crippen molar-refractivity contribution in [1.29, 1.82) is 0 Å². The Morgan fingerprint density at radius 3 is 2.20 bits per heavy atom. The highest BCUT2D eigenvalue weighted by Crippen LogP contribution is 2.38. The van der Waals surface area contributed by atoms with Crippen LogP contribution < -0.4 is 5.73 Å². The van der Waals surface area contributed by atoms with Crippen molar-refractivity contribution < 1.29 is 9.13 Å². The molecule has 1 atom stereocenters. The molecule has 3 aromatic rings. The molecule has 3 aromatic carbocycles. The summed E-state index contributed by atoms with van der Waals surface area (Å²) in [6.45, 7) is 0.343. The highest BCUT2D eigenvalue weighted by Gasteiger charge is 2.40. The van der Waals surface area contributed by atoms with Crippen LogP contribution in [0.3, 0.4) is 0 Å². The summed E-state index contributed by atoms with van der Waals surface area (Å²) >= 11 is 0. The largest absolute Gasteiger partial charge is 0.462 e. The van der Waals surface area contributed by atoms with Crippen molar-refractivity contribution in [3.05, 3.63) is 95.8 Å². The lowest BCUT2D eigenvalue weighted by Gasteiger charge is -2.25. The van der Waals surface area contributed by atoms with E-state index in [1.165, 1.54) is 12.1 Å². The van der Waals surface area contributed by atoms with Crippen molar-refractivity contribution in [2.24, 2.45) is 10.7 Å². The van der Waals surface area contributed by atoms with Crippen molar-refractivity contribution in [1.82, 2.24) is 0 Å². The van der Waals surface area contributed by atoms with Gasteiger partial charge in [-0.1, -0.05) is 60.7 Å². The van der Waals surface area contributed by atoms with E-state index < -0.39 is 5.54 Å². The van der Waals surface area contributed by atoms with E-state index in [4.69, 9.17) is 10.5 Å². The van der Waals surface area contributed by atoms with Crippen LogP contribution in [0.2, 0.25) is 0 Å². The van der Waals surface area contributed by atoms with E-state index in [9.17, 15) is 4.39 Å². The van der Waals surface area contributed by atoms with Crippen molar-refractivity contribution in [2.45, 2.75) is 5.54 Å². The molecule has 25 heavy (non-hydrogen) atoms. The van der Waals surface area contributed by atoms with Gasteiger partial charge >= 0.3 is 0 Å². The van der Waals surface area contributed by atoms with Gasteiger partial charge in [-0.3, -0.25) is 0 Å². The zero-order valence-corrected chi connectivity index (χ0v) is 13.5. The first kappa shape index (κ1) is 15.4. The zero-order valence-electron chi connectivity index (χ0n) is 13.5. The molecule has 0 aromatic heterocycles. The molecule has 0 unspecified atom stereocenters. The van der Waals surface area contributed by atoms with Crippen LogP contribution in [0.1, 0.15) is 11.1 Å². The van der Waals surface area contributed by atoms with Gasteiger partial charge in [-0.2, -0.15) is 0 Å². The average molecular weight is 332 g/mol. The van der Waals surface area contributed by atoms with Crippen LogP contribution in [-0.4, -0.2) is 12.6 Å². The number of nitrogens with two attached hydrogens (primary N) is 1. The predicted octanol–water partition coefficient (Wildman–Crippen LogP) is 4.08. The second-order valence-electron chi connectivity index (χ2n) is 6.06. The van der Waals surface area contributed by atoms with Crippen molar-refractivity contribution >= 4 is 6.02 Å². The van der Waals surface area contributed by atoms with Gasteiger partial charge in [0.15, 0.2) is 5.54 Å². The monoisotopic (exact) mass is 332 g/mol. The highest BCUT2D eigenvalue weighted by molar-refractivity contribution is 5.75. The maximum Gasteiger partial charge on any atom is 0.283 e. The van der Waals surface area contributed by atoms with Crippen LogP contribution in [0.25, 0.3) is 11.1 Å². The van der Waals surface area contributed by atoms with E-state index in [1.54, 1.807) is 6.07 Å². The minimum absolute atomic E-state index is 0.181. The second kappa shape index (κ2) is 6.06. The summed E-state index contributed by atoms with van der Waals surface area (Å²) < 4.78 is 19.1. The Balaban J connectivity index is 1.86. The van der Waals surface area contributed by atoms with Crippen LogP contribution >= 0.6 is 0 Å². The van der Waals surface area contributed by atoms with Gasteiger partial charge in [0.05, 0.1) is 0 Å². The Morgan fingerprint density at radius 2 is 1.52 bits per heavy atom. The third-order valence-corrected chi connectivity index (χ3v) is 4.48. The number of hydrogen-bond donors (Lipinski definition) is 1. The van der Waals surface area contributed by atoms with Gasteiger partial charge in [-0.25, -0.2) is 9.38 Å². The topological polar surface area (TPSA) is 47.6 Å². The highest BCUT2D eigenvalue weighted by atomic mass is 19.1. The van der Waals surface area contributed by atoms with Gasteiger partial charge in [0.25, 0.3) is 6.02 Å². The first-order valence-corrected chi connectivity index (χ1v) is 8.07. The summed E-state index contributed by atoms with van der Waals surface area (Å²) in [4.78, 5) is 4.61. The Morgan fingerprint density at radius 1 is 0.840 bits per heavy atom. The van der Waals surface area contributed by atoms with Crippen molar-refractivity contribution in [3.63, 3.8) is 0 Å². The molecule has 0 bridgehead atoms. The molecule has 2 N–H and O–H groups in total. The summed E-state index contributed by atoms with van der Waals surface area (Å²) in [6, 6.07) is 24.6. The number of benzene rings is 3. The van der Waals surface area contributed by atoms with E-state index in [0.29, 0.717) is 6.61 Å². The molecule has 4 rings (SSSR count). The van der Waals surface area contributed by atoms with E-state index in [0.717, 1.165) is 22.3 Å². The molecule has 0 amide bonds. The van der Waals surface area contributed by atoms with E-state index >= 15 is 0 Å². The lowest BCUT2D eigenvalue weighted by Crippen LogP contribution is -2.27. The van der Waals surface area contributed by atoms with E-state index in [2.05, 4.69) is 4.99 Å².